The third kappa shape index (κ3) is 4.79. The summed E-state index contributed by atoms with van der Waals surface area (Å²) in [6.45, 7) is 0. The molecule has 0 unspecified atom stereocenters. The molecule has 0 fully saturated rings. The van der Waals surface area contributed by atoms with Gasteiger partial charge in [0, 0.05) is 28.6 Å². The van der Waals surface area contributed by atoms with E-state index in [2.05, 4.69) is 5.10 Å². The van der Waals surface area contributed by atoms with E-state index in [1.54, 1.807) is 28.4 Å². The Bertz CT molecular complexity index is 428. The van der Waals surface area contributed by atoms with Gasteiger partial charge in [-0.15, -0.1) is 5.10 Å². The maximum Gasteiger partial charge on any atom is 0.146 e. The van der Waals surface area contributed by atoms with Gasteiger partial charge in [-0.2, -0.15) is 0 Å². The molecule has 1 aromatic carbocycles. The Morgan fingerprint density at radius 2 is 1.88 bits per heavy atom. The molecule has 0 atom stereocenters. The highest BCUT2D eigenvalue weighted by Gasteiger charge is 1.87. The summed E-state index contributed by atoms with van der Waals surface area (Å²) in [5.74, 6) is 0.569. The first-order valence-corrected chi connectivity index (χ1v) is 6.32. The summed E-state index contributed by atoms with van der Waals surface area (Å²) in [5.41, 5.74) is 5.31. The molecule has 0 aliphatic carbocycles. The minimum absolute atomic E-state index is 0.569. The molecule has 2 N–H and O–H groups in total. The van der Waals surface area contributed by atoms with Gasteiger partial charge in [-0.3, -0.25) is 0 Å². The summed E-state index contributed by atoms with van der Waals surface area (Å²) in [6, 6.07) is 8.84. The lowest BCUT2D eigenvalue weighted by atomic mass is 10.4. The van der Waals surface area contributed by atoms with Crippen LogP contribution < -0.4 is 5.73 Å². The molecule has 0 aliphatic heterocycles. The van der Waals surface area contributed by atoms with Crippen LogP contribution in [0.5, 0.6) is 0 Å². The second-order valence-electron chi connectivity index (χ2n) is 2.77. The van der Waals surface area contributed by atoms with Crippen molar-refractivity contribution in [3.05, 3.63) is 46.6 Å². The SMILES string of the molecule is CSn1ccc(N)n1.Clc1cccc(Cl)c1. The van der Waals surface area contributed by atoms with Gasteiger partial charge in [-0.1, -0.05) is 29.3 Å². The molecule has 0 amide bonds. The lowest BCUT2D eigenvalue weighted by molar-refractivity contribution is 1.02. The number of halogens is 2. The van der Waals surface area contributed by atoms with Crippen molar-refractivity contribution in [2.75, 3.05) is 12.0 Å². The van der Waals surface area contributed by atoms with Crippen molar-refractivity contribution in [1.82, 2.24) is 9.19 Å². The molecule has 2 rings (SSSR count). The zero-order chi connectivity index (χ0) is 12.0. The molecule has 0 aliphatic rings. The Morgan fingerprint density at radius 1 is 1.25 bits per heavy atom. The first kappa shape index (κ1) is 13.2. The van der Waals surface area contributed by atoms with E-state index in [0.717, 1.165) is 0 Å². The molecule has 3 nitrogen and oxygen atoms in total. The standard InChI is InChI=1S/C6H4Cl2.C4H7N3S/c7-5-2-1-3-6(8)4-5;1-8-7-3-2-4(5)6-7/h1-4H;2-3H,1H3,(H2,5,6). The zero-order valence-corrected chi connectivity index (χ0v) is 10.9. The summed E-state index contributed by atoms with van der Waals surface area (Å²) in [6.07, 6.45) is 3.76. The Morgan fingerprint density at radius 3 is 2.12 bits per heavy atom. The van der Waals surface area contributed by atoms with Crippen molar-refractivity contribution in [3.63, 3.8) is 0 Å². The smallest absolute Gasteiger partial charge is 0.146 e. The molecule has 6 heteroatoms. The third-order valence-electron chi connectivity index (χ3n) is 1.56. The largest absolute Gasteiger partial charge is 0.382 e. The molecule has 2 aromatic rings. The van der Waals surface area contributed by atoms with Crippen LogP contribution in [0.4, 0.5) is 5.82 Å². The maximum atomic E-state index is 5.56. The van der Waals surface area contributed by atoms with Gasteiger partial charge in [0.1, 0.15) is 5.82 Å². The van der Waals surface area contributed by atoms with Gasteiger partial charge < -0.3 is 5.73 Å². The number of anilines is 1. The second kappa shape index (κ2) is 6.68. The van der Waals surface area contributed by atoms with Crippen LogP contribution >= 0.6 is 35.1 Å². The maximum absolute atomic E-state index is 5.56. The van der Waals surface area contributed by atoms with Gasteiger partial charge >= 0.3 is 0 Å². The fraction of sp³-hybridized carbons (Fsp3) is 0.100. The van der Waals surface area contributed by atoms with E-state index in [4.69, 9.17) is 28.9 Å². The molecule has 0 bridgehead atoms. The average molecular weight is 276 g/mol. The van der Waals surface area contributed by atoms with Crippen LogP contribution in [0.3, 0.4) is 0 Å². The fourth-order valence-electron chi connectivity index (χ4n) is 0.882. The van der Waals surface area contributed by atoms with Crippen molar-refractivity contribution in [3.8, 4) is 0 Å². The van der Waals surface area contributed by atoms with E-state index in [9.17, 15) is 0 Å². The van der Waals surface area contributed by atoms with E-state index in [1.165, 1.54) is 11.9 Å². The molecule has 16 heavy (non-hydrogen) atoms. The van der Waals surface area contributed by atoms with Crippen LogP contribution in [-0.2, 0) is 0 Å². The number of hydrogen-bond acceptors (Lipinski definition) is 3. The van der Waals surface area contributed by atoms with Crippen LogP contribution in [0.15, 0.2) is 36.5 Å². The highest BCUT2D eigenvalue weighted by Crippen LogP contribution is 2.13. The van der Waals surface area contributed by atoms with E-state index in [0.29, 0.717) is 15.9 Å². The van der Waals surface area contributed by atoms with Gasteiger partial charge in [0.25, 0.3) is 0 Å². The molecular formula is C10H11Cl2N3S. The highest BCUT2D eigenvalue weighted by molar-refractivity contribution is 7.97. The number of benzene rings is 1. The summed E-state index contributed by atoms with van der Waals surface area (Å²) >= 11 is 12.6. The zero-order valence-electron chi connectivity index (χ0n) is 8.60. The van der Waals surface area contributed by atoms with Crippen molar-refractivity contribution in [2.45, 2.75) is 0 Å². The Balaban J connectivity index is 0.000000160. The molecule has 1 heterocycles. The first-order valence-electron chi connectivity index (χ1n) is 4.38. The molecule has 0 spiro atoms. The number of nitrogen functional groups attached to an aromatic ring is 1. The van der Waals surface area contributed by atoms with Crippen LogP contribution in [0, 0.1) is 0 Å². The lowest BCUT2D eigenvalue weighted by Gasteiger charge is -1.87. The summed E-state index contributed by atoms with van der Waals surface area (Å²) in [5, 5.41) is 5.24. The van der Waals surface area contributed by atoms with Gasteiger partial charge in [0.2, 0.25) is 0 Å². The van der Waals surface area contributed by atoms with Crippen LogP contribution in [0.2, 0.25) is 10.0 Å². The Hall–Kier alpha value is -0.840. The van der Waals surface area contributed by atoms with Gasteiger partial charge in [0.05, 0.1) is 0 Å². The van der Waals surface area contributed by atoms with E-state index >= 15 is 0 Å². The van der Waals surface area contributed by atoms with Crippen molar-refractivity contribution >= 4 is 41.0 Å². The number of nitrogens with zero attached hydrogens (tertiary/aromatic N) is 2. The molecule has 1 aromatic heterocycles. The lowest BCUT2D eigenvalue weighted by Crippen LogP contribution is -1.88. The topological polar surface area (TPSA) is 43.8 Å². The number of hydrogen-bond donors (Lipinski definition) is 1. The second-order valence-corrected chi connectivity index (χ2v) is 4.38. The number of rotatable bonds is 1. The Labute approximate surface area is 109 Å². The van der Waals surface area contributed by atoms with Crippen LogP contribution in [0.1, 0.15) is 0 Å². The summed E-state index contributed by atoms with van der Waals surface area (Å²) in [7, 11) is 0. The predicted octanol–water partition coefficient (Wildman–Crippen LogP) is 3.58. The monoisotopic (exact) mass is 275 g/mol. The minimum atomic E-state index is 0.569. The summed E-state index contributed by atoms with van der Waals surface area (Å²) < 4.78 is 1.70. The summed E-state index contributed by atoms with van der Waals surface area (Å²) in [4.78, 5) is 0. The van der Waals surface area contributed by atoms with E-state index in [-0.39, 0.29) is 0 Å². The first-order chi connectivity index (χ1) is 7.61. The quantitative estimate of drug-likeness (QED) is 0.865. The van der Waals surface area contributed by atoms with Gasteiger partial charge in [-0.05, 0) is 30.1 Å². The van der Waals surface area contributed by atoms with Crippen LogP contribution in [-0.4, -0.2) is 15.4 Å². The van der Waals surface area contributed by atoms with Gasteiger partial charge in [-0.25, -0.2) is 4.09 Å². The predicted molar refractivity (Wildman–Crippen MR) is 72.0 cm³/mol. The molecular weight excluding hydrogens is 265 g/mol. The Kier molecular flexibility index (Phi) is 5.52. The van der Waals surface area contributed by atoms with Crippen LogP contribution in [0.25, 0.3) is 0 Å². The van der Waals surface area contributed by atoms with Crippen molar-refractivity contribution in [1.29, 1.82) is 0 Å². The number of aromatic nitrogens is 2. The van der Waals surface area contributed by atoms with Crippen molar-refractivity contribution < 1.29 is 0 Å². The van der Waals surface area contributed by atoms with E-state index < -0.39 is 0 Å². The highest BCUT2D eigenvalue weighted by atomic mass is 35.5. The van der Waals surface area contributed by atoms with E-state index in [1.807, 2.05) is 18.5 Å². The molecule has 0 saturated heterocycles. The number of nitrogens with two attached hydrogens (primary N) is 1. The third-order valence-corrected chi connectivity index (χ3v) is 2.61. The normalized spacial score (nSPS) is 9.44. The molecule has 0 saturated carbocycles. The molecule has 0 radical (unpaired) electrons. The van der Waals surface area contributed by atoms with Gasteiger partial charge in [0.15, 0.2) is 0 Å². The van der Waals surface area contributed by atoms with Crippen molar-refractivity contribution in [2.24, 2.45) is 0 Å². The molecule has 86 valence electrons. The minimum Gasteiger partial charge on any atom is -0.382 e. The fourth-order valence-corrected chi connectivity index (χ4v) is 1.68. The average Bonchev–Trinajstić information content (AvgIpc) is 2.65.